The molecule has 108 valence electrons. The van der Waals surface area contributed by atoms with Gasteiger partial charge in [-0.2, -0.15) is 0 Å². The second kappa shape index (κ2) is 6.04. The predicted molar refractivity (Wildman–Crippen MR) is 66.8 cm³/mol. The fourth-order valence-electron chi connectivity index (χ4n) is 1.90. The van der Waals surface area contributed by atoms with Gasteiger partial charge in [0, 0.05) is 31.9 Å². The van der Waals surface area contributed by atoms with Crippen LogP contribution >= 0.6 is 0 Å². The van der Waals surface area contributed by atoms with E-state index in [2.05, 4.69) is 20.6 Å². The van der Waals surface area contributed by atoms with Crippen molar-refractivity contribution in [2.45, 2.75) is 12.5 Å². The fraction of sp³-hybridized carbons (Fsp3) is 0.455. The van der Waals surface area contributed by atoms with Crippen LogP contribution in [0.15, 0.2) is 12.4 Å². The van der Waals surface area contributed by atoms with Gasteiger partial charge in [0.05, 0.1) is 0 Å². The summed E-state index contributed by atoms with van der Waals surface area (Å²) in [6, 6.07) is -1.62. The minimum Gasteiger partial charge on any atom is -0.480 e. The van der Waals surface area contributed by atoms with Crippen molar-refractivity contribution in [2.75, 3.05) is 19.6 Å². The van der Waals surface area contributed by atoms with Crippen molar-refractivity contribution in [1.29, 1.82) is 0 Å². The van der Waals surface area contributed by atoms with Gasteiger partial charge < -0.3 is 20.7 Å². The molecule has 20 heavy (non-hydrogen) atoms. The maximum Gasteiger partial charge on any atom is 0.328 e. The molecule has 1 aliphatic rings. The van der Waals surface area contributed by atoms with Gasteiger partial charge in [0.2, 0.25) is 5.91 Å². The van der Waals surface area contributed by atoms with Crippen LogP contribution in [0, 0.1) is 0 Å². The van der Waals surface area contributed by atoms with Gasteiger partial charge in [-0.25, -0.2) is 14.6 Å². The summed E-state index contributed by atoms with van der Waals surface area (Å²) in [5, 5.41) is 14.0. The van der Waals surface area contributed by atoms with Crippen molar-refractivity contribution in [1.82, 2.24) is 25.5 Å². The van der Waals surface area contributed by atoms with Crippen LogP contribution in [0.5, 0.6) is 0 Å². The summed E-state index contributed by atoms with van der Waals surface area (Å²) in [5.41, 5.74) is 0. The molecule has 1 aromatic rings. The third kappa shape index (κ3) is 3.25. The van der Waals surface area contributed by atoms with E-state index in [0.717, 1.165) is 10.7 Å². The first-order valence-corrected chi connectivity index (χ1v) is 6.10. The summed E-state index contributed by atoms with van der Waals surface area (Å²) in [4.78, 5) is 42.2. The number of aromatic amines is 1. The van der Waals surface area contributed by atoms with E-state index < -0.39 is 18.0 Å². The van der Waals surface area contributed by atoms with E-state index in [0.29, 0.717) is 13.0 Å². The molecule has 1 unspecified atom stereocenters. The van der Waals surface area contributed by atoms with Gasteiger partial charge in [-0.15, -0.1) is 0 Å². The third-order valence-electron chi connectivity index (χ3n) is 2.92. The van der Waals surface area contributed by atoms with Crippen LogP contribution in [0.25, 0.3) is 0 Å². The summed E-state index contributed by atoms with van der Waals surface area (Å²) in [6.45, 7) is -0.0415. The van der Waals surface area contributed by atoms with Crippen molar-refractivity contribution in [3.8, 4) is 0 Å². The zero-order chi connectivity index (χ0) is 14.5. The molecule has 9 nitrogen and oxygen atoms in total. The molecule has 0 saturated carbocycles. The first-order chi connectivity index (χ1) is 9.58. The molecule has 3 amide bonds. The number of amides is 3. The molecule has 2 heterocycles. The smallest absolute Gasteiger partial charge is 0.328 e. The van der Waals surface area contributed by atoms with Crippen LogP contribution in [0.1, 0.15) is 5.82 Å². The number of H-pyrrole nitrogens is 1. The lowest BCUT2D eigenvalue weighted by Crippen LogP contribution is -2.61. The number of aromatic nitrogens is 2. The van der Waals surface area contributed by atoms with E-state index in [-0.39, 0.29) is 19.0 Å². The van der Waals surface area contributed by atoms with Crippen molar-refractivity contribution >= 4 is 17.9 Å². The quantitative estimate of drug-likeness (QED) is 0.536. The summed E-state index contributed by atoms with van der Waals surface area (Å²) in [7, 11) is 0. The van der Waals surface area contributed by atoms with Crippen molar-refractivity contribution in [2.24, 2.45) is 0 Å². The lowest BCUT2D eigenvalue weighted by atomic mass is 10.2. The van der Waals surface area contributed by atoms with Crippen LogP contribution in [-0.2, 0) is 16.0 Å². The Bertz CT molecular complexity index is 501. The topological polar surface area (TPSA) is 127 Å². The van der Waals surface area contributed by atoms with E-state index in [4.69, 9.17) is 5.11 Å². The second-order valence-corrected chi connectivity index (χ2v) is 4.30. The Morgan fingerprint density at radius 1 is 1.55 bits per heavy atom. The van der Waals surface area contributed by atoms with E-state index in [1.165, 1.54) is 0 Å². The average Bonchev–Trinajstić information content (AvgIpc) is 2.91. The Hall–Kier alpha value is -2.58. The Morgan fingerprint density at radius 2 is 2.35 bits per heavy atom. The molecule has 0 aromatic carbocycles. The average molecular weight is 281 g/mol. The number of carboxylic acid groups (broad SMARTS) is 1. The molecule has 1 aromatic heterocycles. The molecule has 0 radical (unpaired) electrons. The number of nitrogens with one attached hydrogen (secondary N) is 3. The summed E-state index contributed by atoms with van der Waals surface area (Å²) >= 11 is 0. The van der Waals surface area contributed by atoms with E-state index >= 15 is 0 Å². The number of imidazole rings is 1. The molecular formula is C11H15N5O4. The van der Waals surface area contributed by atoms with E-state index in [1.54, 1.807) is 12.4 Å². The standard InChI is InChI=1S/C11H15N5O4/c17-9-6-16(7(5-15-9)10(18)19)11(20)14-2-1-8-12-3-4-13-8/h3-4,7H,1-2,5-6H2,(H,12,13)(H,14,20)(H,15,17)(H,18,19). The lowest BCUT2D eigenvalue weighted by molar-refractivity contribution is -0.144. The van der Waals surface area contributed by atoms with Crippen molar-refractivity contribution in [3.63, 3.8) is 0 Å². The maximum atomic E-state index is 11.9. The number of rotatable bonds is 4. The first kappa shape index (κ1) is 13.8. The van der Waals surface area contributed by atoms with Gasteiger partial charge in [0.1, 0.15) is 18.4 Å². The molecule has 0 spiro atoms. The monoisotopic (exact) mass is 281 g/mol. The first-order valence-electron chi connectivity index (χ1n) is 6.10. The number of carbonyl (C=O) groups excluding carboxylic acids is 2. The predicted octanol–water partition coefficient (Wildman–Crippen LogP) is -1.45. The lowest BCUT2D eigenvalue weighted by Gasteiger charge is -2.32. The molecule has 0 bridgehead atoms. The highest BCUT2D eigenvalue weighted by Gasteiger charge is 2.34. The fourth-order valence-corrected chi connectivity index (χ4v) is 1.90. The SMILES string of the molecule is O=C1CN(C(=O)NCCc2ncc[nH]2)C(C(=O)O)CN1. The Morgan fingerprint density at radius 3 is 3.00 bits per heavy atom. The van der Waals surface area contributed by atoms with Crippen LogP contribution in [0.4, 0.5) is 4.79 Å². The number of piperazine rings is 1. The van der Waals surface area contributed by atoms with Crippen LogP contribution in [-0.4, -0.2) is 63.6 Å². The normalized spacial score (nSPS) is 18.5. The van der Waals surface area contributed by atoms with Gasteiger partial charge in [-0.05, 0) is 0 Å². The largest absolute Gasteiger partial charge is 0.480 e. The van der Waals surface area contributed by atoms with Gasteiger partial charge in [0.15, 0.2) is 0 Å². The highest BCUT2D eigenvalue weighted by molar-refractivity contribution is 5.90. The summed E-state index contributed by atoms with van der Waals surface area (Å²) in [5.74, 6) is -0.800. The molecule has 4 N–H and O–H groups in total. The third-order valence-corrected chi connectivity index (χ3v) is 2.92. The van der Waals surface area contributed by atoms with E-state index in [1.807, 2.05) is 0 Å². The molecule has 1 aliphatic heterocycles. The van der Waals surface area contributed by atoms with Crippen LogP contribution in [0.3, 0.4) is 0 Å². The second-order valence-electron chi connectivity index (χ2n) is 4.30. The van der Waals surface area contributed by atoms with Crippen LogP contribution in [0.2, 0.25) is 0 Å². The molecular weight excluding hydrogens is 266 g/mol. The molecule has 9 heteroatoms. The zero-order valence-corrected chi connectivity index (χ0v) is 10.6. The van der Waals surface area contributed by atoms with E-state index in [9.17, 15) is 14.4 Å². The van der Waals surface area contributed by atoms with Gasteiger partial charge >= 0.3 is 12.0 Å². The summed E-state index contributed by atoms with van der Waals surface area (Å²) in [6.07, 6.45) is 3.77. The molecule has 1 atom stereocenters. The number of carboxylic acids is 1. The molecule has 1 saturated heterocycles. The molecule has 1 fully saturated rings. The number of urea groups is 1. The maximum absolute atomic E-state index is 11.9. The minimum atomic E-state index is -1.15. The Balaban J connectivity index is 1.88. The number of hydrogen-bond donors (Lipinski definition) is 4. The van der Waals surface area contributed by atoms with Crippen molar-refractivity contribution < 1.29 is 19.5 Å². The highest BCUT2D eigenvalue weighted by Crippen LogP contribution is 2.04. The number of carbonyl (C=O) groups is 3. The van der Waals surface area contributed by atoms with Crippen molar-refractivity contribution in [3.05, 3.63) is 18.2 Å². The highest BCUT2D eigenvalue weighted by atomic mass is 16.4. The minimum absolute atomic E-state index is 0.0836. The number of aliphatic carboxylic acids is 1. The Labute approximate surface area is 114 Å². The number of hydrogen-bond acceptors (Lipinski definition) is 4. The van der Waals surface area contributed by atoms with Gasteiger partial charge in [-0.1, -0.05) is 0 Å². The molecule has 0 aliphatic carbocycles. The Kier molecular flexibility index (Phi) is 4.18. The van der Waals surface area contributed by atoms with Gasteiger partial charge in [-0.3, -0.25) is 9.69 Å². The molecule has 2 rings (SSSR count). The van der Waals surface area contributed by atoms with Gasteiger partial charge in [0.25, 0.3) is 0 Å². The summed E-state index contributed by atoms with van der Waals surface area (Å²) < 4.78 is 0. The van der Waals surface area contributed by atoms with Crippen LogP contribution < -0.4 is 10.6 Å². The number of nitrogens with zero attached hydrogens (tertiary/aromatic N) is 2. The zero-order valence-electron chi connectivity index (χ0n) is 10.6.